The van der Waals surface area contributed by atoms with Crippen LogP contribution in [0.2, 0.25) is 0 Å². The summed E-state index contributed by atoms with van der Waals surface area (Å²) in [5.41, 5.74) is 3.82. The summed E-state index contributed by atoms with van der Waals surface area (Å²) in [6.07, 6.45) is 1.17. The summed E-state index contributed by atoms with van der Waals surface area (Å²) in [7, 11) is 4.12. The van der Waals surface area contributed by atoms with Gasteiger partial charge in [0.15, 0.2) is 0 Å². The van der Waals surface area contributed by atoms with E-state index in [1.54, 1.807) is 0 Å². The molecule has 0 atom stereocenters. The van der Waals surface area contributed by atoms with Gasteiger partial charge in [-0.1, -0.05) is 19.1 Å². The van der Waals surface area contributed by atoms with Crippen molar-refractivity contribution in [3.8, 4) is 0 Å². The molecule has 2 heteroatoms. The highest BCUT2D eigenvalue weighted by atomic mass is 15.1. The van der Waals surface area contributed by atoms with E-state index < -0.39 is 0 Å². The van der Waals surface area contributed by atoms with Crippen LogP contribution in [-0.2, 0) is 0 Å². The van der Waals surface area contributed by atoms with Crippen LogP contribution in [-0.4, -0.2) is 20.6 Å². The number of hydrogen-bond donors (Lipinski definition) is 1. The fourth-order valence-corrected chi connectivity index (χ4v) is 1.75. The zero-order valence-electron chi connectivity index (χ0n) is 9.59. The van der Waals surface area contributed by atoms with Crippen LogP contribution in [0.3, 0.4) is 0 Å². The first-order valence-corrected chi connectivity index (χ1v) is 5.19. The topological polar surface area (TPSA) is 15.3 Å². The smallest absolute Gasteiger partial charge is 0.0605 e. The quantitative estimate of drug-likeness (QED) is 0.789. The van der Waals surface area contributed by atoms with Crippen molar-refractivity contribution in [2.75, 3.05) is 30.9 Å². The fourth-order valence-electron chi connectivity index (χ4n) is 1.75. The van der Waals surface area contributed by atoms with Crippen LogP contribution in [0.5, 0.6) is 0 Å². The Labute approximate surface area is 86.9 Å². The van der Waals surface area contributed by atoms with E-state index in [1.165, 1.54) is 23.4 Å². The van der Waals surface area contributed by atoms with Crippen molar-refractivity contribution < 1.29 is 0 Å². The molecule has 0 radical (unpaired) electrons. The summed E-state index contributed by atoms with van der Waals surface area (Å²) in [6.45, 7) is 5.43. The van der Waals surface area contributed by atoms with Gasteiger partial charge < -0.3 is 10.2 Å². The SMILES string of the molecule is CCCN(C)c1cccc(C)c1NC. The lowest BCUT2D eigenvalue weighted by Crippen LogP contribution is -2.19. The van der Waals surface area contributed by atoms with Crippen LogP contribution in [0.15, 0.2) is 18.2 Å². The molecule has 0 amide bonds. The van der Waals surface area contributed by atoms with Crippen LogP contribution in [0.25, 0.3) is 0 Å². The molecule has 0 aliphatic heterocycles. The predicted molar refractivity (Wildman–Crippen MR) is 64.3 cm³/mol. The minimum absolute atomic E-state index is 1.10. The van der Waals surface area contributed by atoms with Gasteiger partial charge >= 0.3 is 0 Å². The average molecular weight is 192 g/mol. The van der Waals surface area contributed by atoms with Crippen molar-refractivity contribution in [3.05, 3.63) is 23.8 Å². The Kier molecular flexibility index (Phi) is 3.81. The Morgan fingerprint density at radius 1 is 1.36 bits per heavy atom. The highest BCUT2D eigenvalue weighted by molar-refractivity contribution is 5.72. The van der Waals surface area contributed by atoms with Crippen molar-refractivity contribution in [1.82, 2.24) is 0 Å². The summed E-state index contributed by atoms with van der Waals surface area (Å²) >= 11 is 0. The van der Waals surface area contributed by atoms with Gasteiger partial charge in [-0.25, -0.2) is 0 Å². The third kappa shape index (κ3) is 2.19. The Morgan fingerprint density at radius 3 is 2.64 bits per heavy atom. The molecule has 1 N–H and O–H groups in total. The Balaban J connectivity index is 3.00. The molecular weight excluding hydrogens is 172 g/mol. The van der Waals surface area contributed by atoms with E-state index in [2.05, 4.69) is 49.3 Å². The number of anilines is 2. The van der Waals surface area contributed by atoms with E-state index >= 15 is 0 Å². The molecule has 0 unspecified atom stereocenters. The molecule has 0 aliphatic rings. The molecule has 0 aromatic heterocycles. The number of hydrogen-bond acceptors (Lipinski definition) is 2. The standard InChI is InChI=1S/C12H20N2/c1-5-9-14(4)11-8-6-7-10(2)12(11)13-3/h6-8,13H,5,9H2,1-4H3. The maximum absolute atomic E-state index is 3.26. The predicted octanol–water partition coefficient (Wildman–Crippen LogP) is 2.88. The Bertz CT molecular complexity index is 294. The number of nitrogens with zero attached hydrogens (tertiary/aromatic N) is 1. The minimum atomic E-state index is 1.10. The van der Waals surface area contributed by atoms with Gasteiger partial charge in [-0.15, -0.1) is 0 Å². The molecule has 14 heavy (non-hydrogen) atoms. The van der Waals surface area contributed by atoms with Crippen molar-refractivity contribution in [2.45, 2.75) is 20.3 Å². The van der Waals surface area contributed by atoms with E-state index in [9.17, 15) is 0 Å². The fraction of sp³-hybridized carbons (Fsp3) is 0.500. The summed E-state index contributed by atoms with van der Waals surface area (Å²) in [5, 5.41) is 3.26. The third-order valence-corrected chi connectivity index (χ3v) is 2.47. The molecule has 1 aromatic carbocycles. The molecule has 0 saturated heterocycles. The average Bonchev–Trinajstić information content (AvgIpc) is 2.17. The monoisotopic (exact) mass is 192 g/mol. The van der Waals surface area contributed by atoms with Crippen LogP contribution in [0, 0.1) is 6.92 Å². The van der Waals surface area contributed by atoms with E-state index in [-0.39, 0.29) is 0 Å². The molecule has 1 aromatic rings. The first kappa shape index (κ1) is 10.9. The first-order valence-electron chi connectivity index (χ1n) is 5.19. The van der Waals surface area contributed by atoms with Crippen LogP contribution >= 0.6 is 0 Å². The van der Waals surface area contributed by atoms with Crippen molar-refractivity contribution in [1.29, 1.82) is 0 Å². The molecule has 0 fully saturated rings. The van der Waals surface area contributed by atoms with Gasteiger partial charge in [0.2, 0.25) is 0 Å². The minimum Gasteiger partial charge on any atom is -0.386 e. The summed E-state index contributed by atoms with van der Waals surface area (Å²) in [4.78, 5) is 2.29. The van der Waals surface area contributed by atoms with E-state index in [1.807, 2.05) is 7.05 Å². The summed E-state index contributed by atoms with van der Waals surface area (Å²) in [6, 6.07) is 6.40. The number of nitrogens with one attached hydrogen (secondary N) is 1. The molecule has 78 valence electrons. The highest BCUT2D eigenvalue weighted by Crippen LogP contribution is 2.27. The maximum Gasteiger partial charge on any atom is 0.0605 e. The van der Waals surface area contributed by atoms with Gasteiger partial charge in [0.05, 0.1) is 11.4 Å². The lowest BCUT2D eigenvalue weighted by Gasteiger charge is -2.22. The maximum atomic E-state index is 3.26. The second kappa shape index (κ2) is 4.89. The zero-order valence-corrected chi connectivity index (χ0v) is 9.59. The van der Waals surface area contributed by atoms with Gasteiger partial charge in [-0.05, 0) is 25.0 Å². The number of para-hydroxylation sites is 1. The van der Waals surface area contributed by atoms with Gasteiger partial charge in [-0.3, -0.25) is 0 Å². The third-order valence-electron chi connectivity index (χ3n) is 2.47. The zero-order chi connectivity index (χ0) is 10.6. The second-order valence-corrected chi connectivity index (χ2v) is 3.64. The van der Waals surface area contributed by atoms with Crippen molar-refractivity contribution >= 4 is 11.4 Å². The van der Waals surface area contributed by atoms with Gasteiger partial charge in [0, 0.05) is 20.6 Å². The second-order valence-electron chi connectivity index (χ2n) is 3.64. The normalized spacial score (nSPS) is 10.0. The van der Waals surface area contributed by atoms with Gasteiger partial charge in [-0.2, -0.15) is 0 Å². The van der Waals surface area contributed by atoms with Crippen LogP contribution in [0.1, 0.15) is 18.9 Å². The largest absolute Gasteiger partial charge is 0.386 e. The molecule has 0 heterocycles. The molecule has 0 spiro atoms. The molecule has 0 bridgehead atoms. The first-order chi connectivity index (χ1) is 6.70. The summed E-state index contributed by atoms with van der Waals surface area (Å²) in [5.74, 6) is 0. The molecule has 0 saturated carbocycles. The molecular formula is C12H20N2. The van der Waals surface area contributed by atoms with E-state index in [4.69, 9.17) is 0 Å². The molecule has 1 rings (SSSR count). The number of benzene rings is 1. The highest BCUT2D eigenvalue weighted by Gasteiger charge is 2.06. The number of aryl methyl sites for hydroxylation is 1. The lowest BCUT2D eigenvalue weighted by atomic mass is 10.1. The van der Waals surface area contributed by atoms with Gasteiger partial charge in [0.25, 0.3) is 0 Å². The Hall–Kier alpha value is -1.18. The van der Waals surface area contributed by atoms with E-state index in [0.29, 0.717) is 0 Å². The Morgan fingerprint density at radius 2 is 2.07 bits per heavy atom. The number of rotatable bonds is 4. The lowest BCUT2D eigenvalue weighted by molar-refractivity contribution is 0.852. The van der Waals surface area contributed by atoms with Crippen LogP contribution < -0.4 is 10.2 Å². The van der Waals surface area contributed by atoms with E-state index in [0.717, 1.165) is 6.54 Å². The van der Waals surface area contributed by atoms with Crippen molar-refractivity contribution in [3.63, 3.8) is 0 Å². The molecule has 0 aliphatic carbocycles. The van der Waals surface area contributed by atoms with Gasteiger partial charge in [0.1, 0.15) is 0 Å². The summed E-state index contributed by atoms with van der Waals surface area (Å²) < 4.78 is 0. The van der Waals surface area contributed by atoms with Crippen LogP contribution in [0.4, 0.5) is 11.4 Å². The van der Waals surface area contributed by atoms with Crippen molar-refractivity contribution in [2.24, 2.45) is 0 Å². The molecule has 2 nitrogen and oxygen atoms in total.